The smallest absolute Gasteiger partial charge is 0.172 e. The standard InChI is InChI=1S/C24H24N4OS/c1-2-17-5-10-20-21(16-17)26-23(27-24(25-20)22-4-3-15-30-22)18-6-8-19(9-7-18)28-11-13-29-14-12-28/h3-10,15-16H,2,11-14H2,1H3,(H,25,26,27). The van der Waals surface area contributed by atoms with Gasteiger partial charge in [-0.25, -0.2) is 9.98 Å². The molecule has 2 aromatic carbocycles. The van der Waals surface area contributed by atoms with Crippen LogP contribution in [-0.4, -0.2) is 38.0 Å². The van der Waals surface area contributed by atoms with Crippen molar-refractivity contribution in [2.24, 2.45) is 9.98 Å². The van der Waals surface area contributed by atoms with Gasteiger partial charge >= 0.3 is 0 Å². The van der Waals surface area contributed by atoms with E-state index in [1.54, 1.807) is 11.3 Å². The summed E-state index contributed by atoms with van der Waals surface area (Å²) in [7, 11) is 0. The maximum absolute atomic E-state index is 5.47. The van der Waals surface area contributed by atoms with Crippen LogP contribution < -0.4 is 10.2 Å². The van der Waals surface area contributed by atoms with E-state index in [9.17, 15) is 0 Å². The van der Waals surface area contributed by atoms with Crippen molar-refractivity contribution in [2.45, 2.75) is 13.3 Å². The number of nitrogens with zero attached hydrogens (tertiary/aromatic N) is 3. The second-order valence-corrected chi connectivity index (χ2v) is 8.30. The van der Waals surface area contributed by atoms with E-state index in [0.717, 1.165) is 66.2 Å². The number of anilines is 2. The number of aryl methyl sites for hydroxylation is 1. The van der Waals surface area contributed by atoms with Gasteiger partial charge in [0, 0.05) is 24.3 Å². The largest absolute Gasteiger partial charge is 0.378 e. The Labute approximate surface area is 180 Å². The number of rotatable bonds is 4. The maximum atomic E-state index is 5.47. The first-order valence-corrected chi connectivity index (χ1v) is 11.2. The third-order valence-electron chi connectivity index (χ3n) is 5.42. The Bertz CT molecular complexity index is 1080. The molecule has 2 aliphatic heterocycles. The molecule has 6 heteroatoms. The van der Waals surface area contributed by atoms with Crippen LogP contribution in [0.2, 0.25) is 0 Å². The molecule has 0 saturated carbocycles. The molecule has 0 unspecified atom stereocenters. The molecule has 1 aromatic heterocycles. The van der Waals surface area contributed by atoms with E-state index >= 15 is 0 Å². The van der Waals surface area contributed by atoms with Gasteiger partial charge in [-0.1, -0.05) is 19.1 Å². The summed E-state index contributed by atoms with van der Waals surface area (Å²) >= 11 is 1.66. The zero-order valence-electron chi connectivity index (χ0n) is 17.0. The minimum Gasteiger partial charge on any atom is -0.378 e. The molecule has 0 amide bonds. The minimum atomic E-state index is 0.743. The first-order valence-electron chi connectivity index (χ1n) is 10.3. The lowest BCUT2D eigenvalue weighted by Gasteiger charge is -2.29. The van der Waals surface area contributed by atoms with Crippen LogP contribution in [0.25, 0.3) is 0 Å². The van der Waals surface area contributed by atoms with Gasteiger partial charge in [0.2, 0.25) is 0 Å². The Morgan fingerprint density at radius 2 is 1.87 bits per heavy atom. The molecular weight excluding hydrogens is 392 g/mol. The molecule has 0 spiro atoms. The Hall–Kier alpha value is -2.96. The highest BCUT2D eigenvalue weighted by molar-refractivity contribution is 7.12. The van der Waals surface area contributed by atoms with Gasteiger partial charge in [-0.3, -0.25) is 0 Å². The summed E-state index contributed by atoms with van der Waals surface area (Å²) in [4.78, 5) is 13.2. The van der Waals surface area contributed by atoms with Crippen molar-refractivity contribution in [2.75, 3.05) is 36.5 Å². The molecule has 5 nitrogen and oxygen atoms in total. The minimum absolute atomic E-state index is 0.743. The molecule has 0 bridgehead atoms. The molecule has 1 saturated heterocycles. The van der Waals surface area contributed by atoms with E-state index < -0.39 is 0 Å². The van der Waals surface area contributed by atoms with Crippen LogP contribution in [0.1, 0.15) is 22.9 Å². The molecule has 152 valence electrons. The van der Waals surface area contributed by atoms with Crippen LogP contribution in [0.4, 0.5) is 17.1 Å². The molecule has 30 heavy (non-hydrogen) atoms. The van der Waals surface area contributed by atoms with Crippen LogP contribution in [0, 0.1) is 0 Å². The number of amidine groups is 2. The average molecular weight is 417 g/mol. The second-order valence-electron chi connectivity index (χ2n) is 7.35. The number of fused-ring (bicyclic) bond motifs is 1. The van der Waals surface area contributed by atoms with Gasteiger partial charge in [-0.2, -0.15) is 0 Å². The summed E-state index contributed by atoms with van der Waals surface area (Å²) in [5.74, 6) is 1.57. The van der Waals surface area contributed by atoms with Crippen molar-refractivity contribution < 1.29 is 4.74 Å². The lowest BCUT2D eigenvalue weighted by Crippen LogP contribution is -2.36. The highest BCUT2D eigenvalue weighted by Gasteiger charge is 2.17. The summed E-state index contributed by atoms with van der Waals surface area (Å²) in [6.45, 7) is 5.60. The molecule has 2 aliphatic rings. The molecule has 5 rings (SSSR count). The Morgan fingerprint density at radius 3 is 2.60 bits per heavy atom. The van der Waals surface area contributed by atoms with Gasteiger partial charge in [-0.05, 0) is 59.8 Å². The lowest BCUT2D eigenvalue weighted by atomic mass is 10.1. The first kappa shape index (κ1) is 19.0. The number of nitrogens with one attached hydrogen (secondary N) is 1. The molecule has 0 radical (unpaired) electrons. The number of aliphatic imine (C=N–C) groups is 2. The van der Waals surface area contributed by atoms with Crippen molar-refractivity contribution in [3.8, 4) is 0 Å². The van der Waals surface area contributed by atoms with Crippen molar-refractivity contribution >= 4 is 40.1 Å². The average Bonchev–Trinajstić information content (AvgIpc) is 3.27. The van der Waals surface area contributed by atoms with Gasteiger partial charge in [0.25, 0.3) is 0 Å². The van der Waals surface area contributed by atoms with Crippen LogP contribution in [-0.2, 0) is 11.2 Å². The third-order valence-corrected chi connectivity index (χ3v) is 6.29. The summed E-state index contributed by atoms with van der Waals surface area (Å²) < 4.78 is 5.47. The van der Waals surface area contributed by atoms with Gasteiger partial charge in [0.1, 0.15) is 5.84 Å². The van der Waals surface area contributed by atoms with E-state index in [1.807, 2.05) is 6.07 Å². The van der Waals surface area contributed by atoms with Gasteiger partial charge in [0.05, 0.1) is 29.5 Å². The van der Waals surface area contributed by atoms with Crippen molar-refractivity contribution in [3.63, 3.8) is 0 Å². The number of thiophene rings is 1. The van der Waals surface area contributed by atoms with E-state index in [-0.39, 0.29) is 0 Å². The summed E-state index contributed by atoms with van der Waals surface area (Å²) in [5.41, 5.74) is 5.46. The van der Waals surface area contributed by atoms with E-state index in [4.69, 9.17) is 14.7 Å². The third kappa shape index (κ3) is 3.88. The molecule has 1 N–H and O–H groups in total. The number of hydrogen-bond donors (Lipinski definition) is 1. The number of morpholine rings is 1. The zero-order chi connectivity index (χ0) is 20.3. The number of benzene rings is 2. The van der Waals surface area contributed by atoms with Crippen molar-refractivity contribution in [1.29, 1.82) is 0 Å². The Balaban J connectivity index is 1.52. The van der Waals surface area contributed by atoms with Gasteiger partial charge in [-0.15, -0.1) is 11.3 Å². The molecule has 3 heterocycles. The summed E-state index contributed by atoms with van der Waals surface area (Å²) in [5, 5.41) is 5.61. The number of ether oxygens (including phenoxy) is 1. The van der Waals surface area contributed by atoms with Crippen LogP contribution in [0.15, 0.2) is 70.0 Å². The predicted octanol–water partition coefficient (Wildman–Crippen LogP) is 5.10. The number of hydrogen-bond acceptors (Lipinski definition) is 6. The SMILES string of the molecule is CCc1ccc2c(c1)NC(c1ccc(N3CCOCC3)cc1)=NC(c1cccs1)=N2. The fourth-order valence-corrected chi connectivity index (χ4v) is 4.36. The van der Waals surface area contributed by atoms with Gasteiger partial charge < -0.3 is 15.0 Å². The van der Waals surface area contributed by atoms with Crippen LogP contribution in [0.5, 0.6) is 0 Å². The second kappa shape index (κ2) is 8.42. The molecule has 0 aliphatic carbocycles. The highest BCUT2D eigenvalue weighted by atomic mass is 32.1. The van der Waals surface area contributed by atoms with Crippen LogP contribution in [0.3, 0.4) is 0 Å². The lowest BCUT2D eigenvalue weighted by molar-refractivity contribution is 0.122. The Kier molecular flexibility index (Phi) is 5.34. The topological polar surface area (TPSA) is 49.2 Å². The highest BCUT2D eigenvalue weighted by Crippen LogP contribution is 2.31. The summed E-state index contributed by atoms with van der Waals surface area (Å²) in [6, 6.07) is 19.1. The summed E-state index contributed by atoms with van der Waals surface area (Å²) in [6.07, 6.45) is 0.983. The van der Waals surface area contributed by atoms with E-state index in [1.165, 1.54) is 11.3 Å². The quantitative estimate of drug-likeness (QED) is 0.644. The van der Waals surface area contributed by atoms with Crippen LogP contribution >= 0.6 is 11.3 Å². The molecular formula is C24H24N4OS. The predicted molar refractivity (Wildman–Crippen MR) is 126 cm³/mol. The molecule has 0 atom stereocenters. The normalized spacial score (nSPS) is 16.2. The van der Waals surface area contributed by atoms with Crippen molar-refractivity contribution in [1.82, 2.24) is 0 Å². The fourth-order valence-electron chi connectivity index (χ4n) is 3.71. The van der Waals surface area contributed by atoms with E-state index in [2.05, 4.69) is 71.1 Å². The fraction of sp³-hybridized carbons (Fsp3) is 0.250. The maximum Gasteiger partial charge on any atom is 0.172 e. The Morgan fingerprint density at radius 1 is 1.03 bits per heavy atom. The van der Waals surface area contributed by atoms with Crippen molar-refractivity contribution in [3.05, 3.63) is 76.0 Å². The molecule has 3 aromatic rings. The zero-order valence-corrected chi connectivity index (χ0v) is 17.8. The molecule has 1 fully saturated rings. The van der Waals surface area contributed by atoms with Gasteiger partial charge in [0.15, 0.2) is 5.84 Å². The monoisotopic (exact) mass is 416 g/mol. The first-order chi connectivity index (χ1) is 14.8. The van der Waals surface area contributed by atoms with E-state index in [0.29, 0.717) is 0 Å².